The van der Waals surface area contributed by atoms with Crippen LogP contribution in [-0.4, -0.2) is 43.8 Å². The number of aryl methyl sites for hydroxylation is 1. The maximum atomic E-state index is 13.5. The molecule has 38 heavy (non-hydrogen) atoms. The Morgan fingerprint density at radius 3 is 2.63 bits per heavy atom. The van der Waals surface area contributed by atoms with E-state index in [1.54, 1.807) is 0 Å². The number of nitrogens with one attached hydrogen (secondary N) is 2. The summed E-state index contributed by atoms with van der Waals surface area (Å²) < 4.78 is 2.18. The van der Waals surface area contributed by atoms with Crippen LogP contribution in [0.2, 0.25) is 0 Å². The van der Waals surface area contributed by atoms with Gasteiger partial charge in [0.25, 0.3) is 0 Å². The summed E-state index contributed by atoms with van der Waals surface area (Å²) in [6.45, 7) is 2.46. The molecule has 2 amide bonds. The van der Waals surface area contributed by atoms with Crippen molar-refractivity contribution < 1.29 is 4.79 Å². The number of pyridine rings is 1. The second-order valence-corrected chi connectivity index (χ2v) is 12.1. The molecule has 3 fully saturated rings. The monoisotopic (exact) mass is 506 g/mol. The molecule has 1 atom stereocenters. The molecule has 1 aromatic carbocycles. The van der Waals surface area contributed by atoms with Gasteiger partial charge in [-0.05, 0) is 74.1 Å². The van der Waals surface area contributed by atoms with Crippen LogP contribution in [0.1, 0.15) is 74.1 Å². The van der Waals surface area contributed by atoms with Crippen LogP contribution in [0, 0.1) is 0 Å². The largest absolute Gasteiger partial charge is 0.346 e. The molecule has 8 rings (SSSR count). The molecule has 1 spiro atoms. The molecule has 1 saturated heterocycles. The number of aromatic amines is 1. The molecule has 2 N–H and O–H groups in total. The maximum Gasteiger partial charge on any atom is 0.318 e. The van der Waals surface area contributed by atoms with Crippen molar-refractivity contribution in [3.63, 3.8) is 0 Å². The SMILES string of the molecule is O=C(NC1(c2ccccc2)CCC1)N1CCC2(CCn3nc(-c4cnc5[nH]cc(C6CCC6)c5c4)cc32)C1. The Morgan fingerprint density at radius 2 is 1.87 bits per heavy atom. The predicted octanol–water partition coefficient (Wildman–Crippen LogP) is 5.83. The highest BCUT2D eigenvalue weighted by molar-refractivity contribution is 5.85. The molecule has 4 aliphatic rings. The second-order valence-electron chi connectivity index (χ2n) is 12.1. The van der Waals surface area contributed by atoms with Gasteiger partial charge in [0.15, 0.2) is 0 Å². The molecular weight excluding hydrogens is 472 g/mol. The third-order valence-corrected chi connectivity index (χ3v) is 10.1. The summed E-state index contributed by atoms with van der Waals surface area (Å²) in [5.41, 5.74) is 6.73. The van der Waals surface area contributed by atoms with Gasteiger partial charge >= 0.3 is 6.03 Å². The summed E-state index contributed by atoms with van der Waals surface area (Å²) in [7, 11) is 0. The highest BCUT2D eigenvalue weighted by atomic mass is 16.2. The van der Waals surface area contributed by atoms with E-state index in [4.69, 9.17) is 10.1 Å². The summed E-state index contributed by atoms with van der Waals surface area (Å²) in [5.74, 6) is 0.660. The quantitative estimate of drug-likeness (QED) is 0.366. The van der Waals surface area contributed by atoms with E-state index in [1.165, 1.54) is 41.5 Å². The van der Waals surface area contributed by atoms with Gasteiger partial charge in [0.2, 0.25) is 0 Å². The molecule has 4 aromatic rings. The summed E-state index contributed by atoms with van der Waals surface area (Å²) in [6, 6.07) is 15.1. The van der Waals surface area contributed by atoms with Crippen molar-refractivity contribution in [2.45, 2.75) is 74.8 Å². The first-order chi connectivity index (χ1) is 18.6. The van der Waals surface area contributed by atoms with E-state index < -0.39 is 0 Å². The highest BCUT2D eigenvalue weighted by Crippen LogP contribution is 2.46. The summed E-state index contributed by atoms with van der Waals surface area (Å²) in [6.07, 6.45) is 13.2. The number of nitrogens with zero attached hydrogens (tertiary/aromatic N) is 4. The fourth-order valence-electron chi connectivity index (χ4n) is 7.34. The van der Waals surface area contributed by atoms with Gasteiger partial charge in [-0.2, -0.15) is 5.10 Å². The molecule has 7 heteroatoms. The lowest BCUT2D eigenvalue weighted by Gasteiger charge is -2.44. The van der Waals surface area contributed by atoms with E-state index in [1.807, 2.05) is 17.2 Å². The zero-order valence-corrected chi connectivity index (χ0v) is 21.7. The van der Waals surface area contributed by atoms with Crippen LogP contribution in [0.25, 0.3) is 22.3 Å². The fourth-order valence-corrected chi connectivity index (χ4v) is 7.34. The van der Waals surface area contributed by atoms with Gasteiger partial charge in [-0.25, -0.2) is 9.78 Å². The number of aromatic nitrogens is 4. The summed E-state index contributed by atoms with van der Waals surface area (Å²) >= 11 is 0. The zero-order valence-electron chi connectivity index (χ0n) is 21.7. The Labute approximate surface area is 222 Å². The normalized spacial score (nSPS) is 23.9. The Morgan fingerprint density at radius 1 is 1.03 bits per heavy atom. The minimum Gasteiger partial charge on any atom is -0.346 e. The van der Waals surface area contributed by atoms with Crippen LogP contribution >= 0.6 is 0 Å². The molecule has 1 unspecified atom stereocenters. The molecule has 7 nitrogen and oxygen atoms in total. The van der Waals surface area contributed by atoms with Crippen LogP contribution in [0.15, 0.2) is 54.9 Å². The first kappa shape index (κ1) is 22.4. The lowest BCUT2D eigenvalue weighted by atomic mass is 9.72. The second kappa shape index (κ2) is 8.19. The van der Waals surface area contributed by atoms with Crippen molar-refractivity contribution in [2.24, 2.45) is 0 Å². The Bertz CT molecular complexity index is 1530. The number of H-pyrrole nitrogens is 1. The highest BCUT2D eigenvalue weighted by Gasteiger charge is 2.48. The Balaban J connectivity index is 1.04. The standard InChI is InChI=1S/C31H34N6O/c38-29(34-31(10-5-11-31)23-8-2-1-3-9-23)36-14-12-30(20-36)13-15-37-27(30)17-26(35-37)22-16-24-25(21-6-4-7-21)19-33-28(24)32-18-22/h1-3,8-9,16-19,21H,4-7,10-15,20H2,(H,32,33)(H,34,38). The van der Waals surface area contributed by atoms with Gasteiger partial charge < -0.3 is 15.2 Å². The summed E-state index contributed by atoms with van der Waals surface area (Å²) in [4.78, 5) is 23.6. The number of carbonyl (C=O) groups excluding carboxylic acids is 1. The number of carbonyl (C=O) groups is 1. The first-order valence-corrected chi connectivity index (χ1v) is 14.3. The molecular formula is C31H34N6O. The molecule has 0 bridgehead atoms. The number of likely N-dealkylation sites (tertiary alicyclic amines) is 1. The van der Waals surface area contributed by atoms with E-state index in [2.05, 4.69) is 57.6 Å². The first-order valence-electron chi connectivity index (χ1n) is 14.3. The van der Waals surface area contributed by atoms with Crippen LogP contribution < -0.4 is 5.32 Å². The fraction of sp³-hybridized carbons (Fsp3) is 0.452. The van der Waals surface area contributed by atoms with E-state index in [-0.39, 0.29) is 17.0 Å². The molecule has 2 aliphatic carbocycles. The van der Waals surface area contributed by atoms with Crippen LogP contribution in [0.5, 0.6) is 0 Å². The number of benzene rings is 1. The number of fused-ring (bicyclic) bond motifs is 3. The van der Waals surface area contributed by atoms with Gasteiger partial charge in [-0.15, -0.1) is 0 Å². The summed E-state index contributed by atoms with van der Waals surface area (Å²) in [5, 5.41) is 9.70. The molecule has 2 aliphatic heterocycles. The Hall–Kier alpha value is -3.61. The topological polar surface area (TPSA) is 78.8 Å². The van der Waals surface area contributed by atoms with E-state index in [0.717, 1.165) is 68.6 Å². The van der Waals surface area contributed by atoms with Crippen LogP contribution in [0.4, 0.5) is 4.79 Å². The molecule has 3 aromatic heterocycles. The lowest BCUT2D eigenvalue weighted by molar-refractivity contribution is 0.154. The number of rotatable bonds is 4. The smallest absolute Gasteiger partial charge is 0.318 e. The van der Waals surface area contributed by atoms with E-state index in [9.17, 15) is 4.79 Å². The third-order valence-electron chi connectivity index (χ3n) is 10.1. The number of urea groups is 1. The number of amides is 2. The van der Waals surface area contributed by atoms with E-state index >= 15 is 0 Å². The van der Waals surface area contributed by atoms with Crippen molar-refractivity contribution in [2.75, 3.05) is 13.1 Å². The number of hydrogen-bond acceptors (Lipinski definition) is 3. The molecule has 2 saturated carbocycles. The lowest BCUT2D eigenvalue weighted by Crippen LogP contribution is -2.54. The minimum absolute atomic E-state index is 0.00911. The van der Waals surface area contributed by atoms with Gasteiger partial charge in [-0.3, -0.25) is 4.68 Å². The van der Waals surface area contributed by atoms with Gasteiger partial charge in [0.05, 0.1) is 11.2 Å². The van der Waals surface area contributed by atoms with Crippen molar-refractivity contribution in [1.29, 1.82) is 0 Å². The predicted molar refractivity (Wildman–Crippen MR) is 147 cm³/mol. The third kappa shape index (κ3) is 3.30. The molecule has 194 valence electrons. The maximum absolute atomic E-state index is 13.5. The van der Waals surface area contributed by atoms with Crippen LogP contribution in [0.3, 0.4) is 0 Å². The van der Waals surface area contributed by atoms with Gasteiger partial charge in [0, 0.05) is 54.1 Å². The van der Waals surface area contributed by atoms with Crippen molar-refractivity contribution in [1.82, 2.24) is 30.0 Å². The van der Waals surface area contributed by atoms with Crippen LogP contribution in [-0.2, 0) is 17.5 Å². The minimum atomic E-state index is -0.207. The van der Waals surface area contributed by atoms with Crippen molar-refractivity contribution in [3.8, 4) is 11.3 Å². The average Bonchev–Trinajstić information content (AvgIpc) is 3.66. The van der Waals surface area contributed by atoms with Gasteiger partial charge in [0.1, 0.15) is 5.65 Å². The van der Waals surface area contributed by atoms with E-state index in [0.29, 0.717) is 5.92 Å². The number of hydrogen-bond donors (Lipinski definition) is 2. The van der Waals surface area contributed by atoms with Crippen molar-refractivity contribution in [3.05, 3.63) is 71.7 Å². The molecule has 5 heterocycles. The zero-order chi connectivity index (χ0) is 25.3. The van der Waals surface area contributed by atoms with Gasteiger partial charge in [-0.1, -0.05) is 36.8 Å². The molecule has 0 radical (unpaired) electrons. The van der Waals surface area contributed by atoms with Crippen molar-refractivity contribution >= 4 is 17.1 Å². The Kier molecular flexibility index (Phi) is 4.83. The average molecular weight is 507 g/mol.